The number of aromatic nitrogens is 1. The van der Waals surface area contributed by atoms with E-state index in [1.165, 1.54) is 0 Å². The van der Waals surface area contributed by atoms with E-state index in [9.17, 15) is 4.79 Å². The number of hydrogen-bond donors (Lipinski definition) is 2. The molecule has 0 saturated carbocycles. The number of carbonyl (C=O) groups is 1. The van der Waals surface area contributed by atoms with Crippen LogP contribution in [0.4, 0.5) is 4.79 Å². The monoisotopic (exact) mass is 166 g/mol. The molecule has 1 fully saturated rings. The van der Waals surface area contributed by atoms with Gasteiger partial charge in [-0.05, 0) is 12.1 Å². The first-order valence-electron chi connectivity index (χ1n) is 3.93. The average molecular weight is 166 g/mol. The lowest BCUT2D eigenvalue weighted by atomic mass is 10.1. The third-order valence-electron chi connectivity index (χ3n) is 1.93. The van der Waals surface area contributed by atoms with E-state index >= 15 is 0 Å². The maximum atomic E-state index is 10.8. The Balaban J connectivity index is 2.09. The lowest BCUT2D eigenvalue weighted by Crippen LogP contribution is -2.35. The molecule has 1 aromatic heterocycles. The number of H-pyrrole nitrogens is 1. The zero-order valence-electron chi connectivity index (χ0n) is 6.54. The summed E-state index contributed by atoms with van der Waals surface area (Å²) in [7, 11) is 0. The zero-order chi connectivity index (χ0) is 8.39. The van der Waals surface area contributed by atoms with E-state index in [1.807, 2.05) is 18.3 Å². The molecule has 0 spiro atoms. The Hall–Kier alpha value is -1.45. The van der Waals surface area contributed by atoms with E-state index in [1.54, 1.807) is 0 Å². The summed E-state index contributed by atoms with van der Waals surface area (Å²) < 4.78 is 4.74. The van der Waals surface area contributed by atoms with Crippen LogP contribution in [0.5, 0.6) is 0 Å². The molecular formula is C8H10N2O2. The highest BCUT2D eigenvalue weighted by Crippen LogP contribution is 2.17. The van der Waals surface area contributed by atoms with Gasteiger partial charge in [0.2, 0.25) is 0 Å². The topological polar surface area (TPSA) is 54.1 Å². The highest BCUT2D eigenvalue weighted by molar-refractivity contribution is 5.68. The lowest BCUT2D eigenvalue weighted by Gasteiger charge is -2.22. The summed E-state index contributed by atoms with van der Waals surface area (Å²) in [5, 5.41) is 2.73. The predicted octanol–water partition coefficient (Wildman–Crippen LogP) is 1.19. The van der Waals surface area contributed by atoms with Crippen molar-refractivity contribution in [1.29, 1.82) is 0 Å². The molecule has 2 heterocycles. The summed E-state index contributed by atoms with van der Waals surface area (Å²) in [5.41, 5.74) is 1.03. The Labute approximate surface area is 69.9 Å². The molecule has 0 aliphatic carbocycles. The van der Waals surface area contributed by atoms with Gasteiger partial charge in [-0.3, -0.25) is 0 Å². The zero-order valence-corrected chi connectivity index (χ0v) is 6.54. The van der Waals surface area contributed by atoms with Crippen molar-refractivity contribution < 1.29 is 9.53 Å². The number of nitrogens with one attached hydrogen (secondary N) is 2. The van der Waals surface area contributed by atoms with Gasteiger partial charge in [0.1, 0.15) is 0 Å². The van der Waals surface area contributed by atoms with Crippen molar-refractivity contribution >= 4 is 6.09 Å². The van der Waals surface area contributed by atoms with Crippen molar-refractivity contribution in [3.8, 4) is 0 Å². The van der Waals surface area contributed by atoms with Crippen molar-refractivity contribution in [3.05, 3.63) is 24.0 Å². The first-order valence-corrected chi connectivity index (χ1v) is 3.93. The minimum absolute atomic E-state index is 0.0845. The molecule has 0 radical (unpaired) electrons. The van der Waals surface area contributed by atoms with Crippen LogP contribution in [-0.2, 0) is 4.74 Å². The van der Waals surface area contributed by atoms with Gasteiger partial charge in [-0.2, -0.15) is 0 Å². The SMILES string of the molecule is O=C1N[C@@H](c2ccc[nH]2)CCO1. The lowest BCUT2D eigenvalue weighted by molar-refractivity contribution is 0.115. The van der Waals surface area contributed by atoms with Crippen LogP contribution in [0.15, 0.2) is 18.3 Å². The fraction of sp³-hybridized carbons (Fsp3) is 0.375. The Morgan fingerprint density at radius 3 is 3.17 bits per heavy atom. The molecule has 12 heavy (non-hydrogen) atoms. The van der Waals surface area contributed by atoms with Gasteiger partial charge >= 0.3 is 6.09 Å². The van der Waals surface area contributed by atoms with Crippen molar-refractivity contribution in [1.82, 2.24) is 10.3 Å². The number of ether oxygens (including phenoxy) is 1. The van der Waals surface area contributed by atoms with Crippen molar-refractivity contribution in [2.45, 2.75) is 12.5 Å². The molecule has 1 saturated heterocycles. The Morgan fingerprint density at radius 2 is 2.50 bits per heavy atom. The first-order chi connectivity index (χ1) is 5.86. The molecule has 64 valence electrons. The normalized spacial score (nSPS) is 23.0. The second-order valence-corrected chi connectivity index (χ2v) is 2.75. The number of amides is 1. The van der Waals surface area contributed by atoms with E-state index < -0.39 is 0 Å². The maximum Gasteiger partial charge on any atom is 0.407 e. The molecule has 1 amide bonds. The largest absolute Gasteiger partial charge is 0.449 e. The van der Waals surface area contributed by atoms with Gasteiger partial charge in [0, 0.05) is 18.3 Å². The maximum absolute atomic E-state index is 10.8. The van der Waals surface area contributed by atoms with E-state index in [4.69, 9.17) is 4.74 Å². The smallest absolute Gasteiger partial charge is 0.407 e. The molecule has 4 heteroatoms. The Bertz CT molecular complexity index is 269. The minimum atomic E-state index is -0.333. The summed E-state index contributed by atoms with van der Waals surface area (Å²) in [6.07, 6.45) is 2.34. The van der Waals surface area contributed by atoms with Gasteiger partial charge in [-0.15, -0.1) is 0 Å². The summed E-state index contributed by atoms with van der Waals surface area (Å²) in [5.74, 6) is 0. The van der Waals surface area contributed by atoms with E-state index in [-0.39, 0.29) is 12.1 Å². The summed E-state index contributed by atoms with van der Waals surface area (Å²) >= 11 is 0. The summed E-state index contributed by atoms with van der Waals surface area (Å²) in [6.45, 7) is 0.496. The van der Waals surface area contributed by atoms with Gasteiger partial charge in [-0.1, -0.05) is 0 Å². The first kappa shape index (κ1) is 7.21. The van der Waals surface area contributed by atoms with Crippen molar-refractivity contribution in [3.63, 3.8) is 0 Å². The number of aromatic amines is 1. The van der Waals surface area contributed by atoms with Crippen LogP contribution in [0.1, 0.15) is 18.2 Å². The molecule has 1 aromatic rings. The van der Waals surface area contributed by atoms with E-state index in [0.717, 1.165) is 12.1 Å². The number of rotatable bonds is 1. The molecule has 2 rings (SSSR count). The van der Waals surface area contributed by atoms with Gasteiger partial charge in [0.15, 0.2) is 0 Å². The van der Waals surface area contributed by atoms with Crippen LogP contribution in [0.2, 0.25) is 0 Å². The molecular weight excluding hydrogens is 156 g/mol. The molecule has 1 aliphatic heterocycles. The fourth-order valence-electron chi connectivity index (χ4n) is 1.32. The van der Waals surface area contributed by atoms with Crippen LogP contribution >= 0.6 is 0 Å². The van der Waals surface area contributed by atoms with Crippen LogP contribution in [0, 0.1) is 0 Å². The fourth-order valence-corrected chi connectivity index (χ4v) is 1.32. The highest BCUT2D eigenvalue weighted by atomic mass is 16.5. The van der Waals surface area contributed by atoms with Crippen molar-refractivity contribution in [2.24, 2.45) is 0 Å². The second kappa shape index (κ2) is 2.89. The number of hydrogen-bond acceptors (Lipinski definition) is 2. The number of carbonyl (C=O) groups excluding carboxylic acids is 1. The van der Waals surface area contributed by atoms with Crippen LogP contribution in [0.25, 0.3) is 0 Å². The van der Waals surface area contributed by atoms with Crippen LogP contribution in [0.3, 0.4) is 0 Å². The number of alkyl carbamates (subject to hydrolysis) is 1. The Kier molecular flexibility index (Phi) is 1.74. The Morgan fingerprint density at radius 1 is 1.58 bits per heavy atom. The third kappa shape index (κ3) is 1.28. The quantitative estimate of drug-likeness (QED) is 0.658. The molecule has 0 aromatic carbocycles. The van der Waals surface area contributed by atoms with Crippen molar-refractivity contribution in [2.75, 3.05) is 6.61 Å². The van der Waals surface area contributed by atoms with Crippen LogP contribution in [-0.4, -0.2) is 17.7 Å². The number of cyclic esters (lactones) is 1. The minimum Gasteiger partial charge on any atom is -0.449 e. The predicted molar refractivity (Wildman–Crippen MR) is 42.6 cm³/mol. The van der Waals surface area contributed by atoms with E-state index in [2.05, 4.69) is 10.3 Å². The summed E-state index contributed by atoms with van der Waals surface area (Å²) in [6, 6.07) is 3.95. The molecule has 0 bridgehead atoms. The van der Waals surface area contributed by atoms with Gasteiger partial charge in [-0.25, -0.2) is 4.79 Å². The van der Waals surface area contributed by atoms with E-state index in [0.29, 0.717) is 6.61 Å². The van der Waals surface area contributed by atoms with Gasteiger partial charge in [0.05, 0.1) is 12.6 Å². The highest BCUT2D eigenvalue weighted by Gasteiger charge is 2.20. The van der Waals surface area contributed by atoms with Gasteiger partial charge < -0.3 is 15.0 Å². The average Bonchev–Trinajstić information content (AvgIpc) is 2.56. The summed E-state index contributed by atoms with van der Waals surface area (Å²) in [4.78, 5) is 13.9. The molecule has 0 unspecified atom stereocenters. The molecule has 4 nitrogen and oxygen atoms in total. The van der Waals surface area contributed by atoms with Crippen LogP contribution < -0.4 is 5.32 Å². The third-order valence-corrected chi connectivity index (χ3v) is 1.93. The van der Waals surface area contributed by atoms with Gasteiger partial charge in [0.25, 0.3) is 0 Å². The molecule has 1 atom stereocenters. The molecule has 2 N–H and O–H groups in total. The second-order valence-electron chi connectivity index (χ2n) is 2.75. The standard InChI is InChI=1S/C8H10N2O2/c11-8-10-7(3-5-12-8)6-2-1-4-9-6/h1-2,4,7,9H,3,5H2,(H,10,11)/t7-/m1/s1. The molecule has 1 aliphatic rings.